The van der Waals surface area contributed by atoms with Gasteiger partial charge in [-0.05, 0) is 51.7 Å². The van der Waals surface area contributed by atoms with Crippen LogP contribution in [-0.2, 0) is 0 Å². The van der Waals surface area contributed by atoms with Gasteiger partial charge in [0.2, 0.25) is 0 Å². The molecule has 3 nitrogen and oxygen atoms in total. The Balaban J connectivity index is 1.42. The Bertz CT molecular complexity index is 172. The molecule has 2 fully saturated rings. The topological polar surface area (TPSA) is 18.5 Å². The number of unbranched alkanes of at least 4 members (excludes halogenated alkanes) is 2. The molecule has 93 valence electrons. The summed E-state index contributed by atoms with van der Waals surface area (Å²) in [6.07, 6.45) is 7.94. The maximum atomic E-state index is 3.40. The fourth-order valence-corrected chi connectivity index (χ4v) is 2.63. The Labute approximate surface area is 100 Å². The van der Waals surface area contributed by atoms with Crippen LogP contribution in [0.4, 0.5) is 0 Å². The van der Waals surface area contributed by atoms with Crippen molar-refractivity contribution >= 4 is 0 Å². The molecule has 0 bridgehead atoms. The molecule has 2 heterocycles. The first-order valence-electron chi connectivity index (χ1n) is 6.92. The van der Waals surface area contributed by atoms with E-state index in [1.54, 1.807) is 0 Å². The maximum absolute atomic E-state index is 3.40. The lowest BCUT2D eigenvalue weighted by molar-refractivity contribution is 0.237. The lowest BCUT2D eigenvalue weighted by Crippen LogP contribution is -2.43. The minimum Gasteiger partial charge on any atom is -0.314 e. The molecule has 2 aliphatic heterocycles. The van der Waals surface area contributed by atoms with E-state index in [-0.39, 0.29) is 0 Å². The molecule has 0 aromatic rings. The van der Waals surface area contributed by atoms with Gasteiger partial charge in [-0.1, -0.05) is 0 Å². The molecule has 2 aliphatic rings. The van der Waals surface area contributed by atoms with Gasteiger partial charge in [-0.2, -0.15) is 0 Å². The van der Waals surface area contributed by atoms with E-state index in [1.807, 2.05) is 0 Å². The second-order valence-electron chi connectivity index (χ2n) is 5.03. The van der Waals surface area contributed by atoms with Crippen LogP contribution in [0.25, 0.3) is 0 Å². The summed E-state index contributed by atoms with van der Waals surface area (Å²) in [7, 11) is 0. The second-order valence-corrected chi connectivity index (χ2v) is 5.03. The summed E-state index contributed by atoms with van der Waals surface area (Å²) < 4.78 is 0. The Morgan fingerprint density at radius 2 is 1.69 bits per heavy atom. The molecule has 0 saturated carbocycles. The van der Waals surface area contributed by atoms with Gasteiger partial charge >= 0.3 is 0 Å². The molecule has 3 heteroatoms. The van der Waals surface area contributed by atoms with Gasteiger partial charge in [-0.15, -0.1) is 0 Å². The molecular weight excluding hydrogens is 198 g/mol. The van der Waals surface area contributed by atoms with Crippen molar-refractivity contribution < 1.29 is 0 Å². The van der Waals surface area contributed by atoms with Gasteiger partial charge in [0.05, 0.1) is 0 Å². The monoisotopic (exact) mass is 224 g/mol. The molecule has 0 aromatic carbocycles. The largest absolute Gasteiger partial charge is 0.314 e. The number of piperazine rings is 1. The third-order valence-electron chi connectivity index (χ3n) is 3.68. The van der Waals surface area contributed by atoms with E-state index in [4.69, 9.17) is 0 Å². The lowest BCUT2D eigenvalue weighted by Gasteiger charge is -2.27. The highest BCUT2D eigenvalue weighted by molar-refractivity contribution is 4.76. The van der Waals surface area contributed by atoms with E-state index in [9.17, 15) is 0 Å². The molecule has 2 saturated heterocycles. The molecule has 0 aromatic heterocycles. The van der Waals surface area contributed by atoms with E-state index in [1.165, 1.54) is 78.0 Å². The molecule has 0 aliphatic carbocycles. The number of likely N-dealkylation sites (tertiary alicyclic amines) is 1. The summed E-state index contributed by atoms with van der Waals surface area (Å²) in [6.45, 7) is 10.0. The van der Waals surface area contributed by atoms with Crippen LogP contribution in [0.2, 0.25) is 0 Å². The van der Waals surface area contributed by atoms with Crippen LogP contribution in [0.3, 0.4) is 0 Å². The third-order valence-corrected chi connectivity index (χ3v) is 3.68. The number of rotatable bonds is 6. The number of hydrogen-bond donors (Lipinski definition) is 1. The number of nitrogens with zero attached hydrogens (tertiary/aromatic N) is 2. The highest BCUT2D eigenvalue weighted by Crippen LogP contribution is 2.08. The third kappa shape index (κ3) is 4.40. The zero-order chi connectivity index (χ0) is 11.1. The molecule has 2 rings (SSSR count). The van der Waals surface area contributed by atoms with Gasteiger partial charge in [0.25, 0.3) is 0 Å². The molecule has 0 spiro atoms. The van der Waals surface area contributed by atoms with E-state index in [0.717, 1.165) is 0 Å². The first kappa shape index (κ1) is 12.3. The van der Waals surface area contributed by atoms with Crippen molar-refractivity contribution in [1.82, 2.24) is 15.1 Å². The molecule has 1 radical (unpaired) electrons. The van der Waals surface area contributed by atoms with Crippen LogP contribution >= 0.6 is 0 Å². The van der Waals surface area contributed by atoms with Crippen LogP contribution in [0, 0.1) is 6.42 Å². The van der Waals surface area contributed by atoms with Gasteiger partial charge in [-0.3, -0.25) is 0 Å². The Hall–Kier alpha value is -0.120. The minimum absolute atomic E-state index is 1.18. The Kier molecular flexibility index (Phi) is 5.59. The van der Waals surface area contributed by atoms with E-state index in [2.05, 4.69) is 21.5 Å². The van der Waals surface area contributed by atoms with E-state index in [0.29, 0.717) is 0 Å². The maximum Gasteiger partial charge on any atom is 0.0107 e. The number of nitrogens with one attached hydrogen (secondary N) is 1. The van der Waals surface area contributed by atoms with E-state index >= 15 is 0 Å². The van der Waals surface area contributed by atoms with Gasteiger partial charge in [0.15, 0.2) is 0 Å². The quantitative estimate of drug-likeness (QED) is 0.678. The van der Waals surface area contributed by atoms with Crippen molar-refractivity contribution in [3.8, 4) is 0 Å². The smallest absolute Gasteiger partial charge is 0.0107 e. The normalized spacial score (nSPS) is 24.0. The fourth-order valence-electron chi connectivity index (χ4n) is 2.63. The van der Waals surface area contributed by atoms with Crippen LogP contribution in [-0.4, -0.2) is 62.2 Å². The van der Waals surface area contributed by atoms with Crippen molar-refractivity contribution in [2.45, 2.75) is 25.7 Å². The van der Waals surface area contributed by atoms with E-state index < -0.39 is 0 Å². The minimum atomic E-state index is 1.18. The van der Waals surface area contributed by atoms with Gasteiger partial charge in [0, 0.05) is 32.7 Å². The van der Waals surface area contributed by atoms with Crippen molar-refractivity contribution in [2.24, 2.45) is 0 Å². The van der Waals surface area contributed by atoms with Crippen molar-refractivity contribution in [3.63, 3.8) is 0 Å². The molecule has 0 unspecified atom stereocenters. The van der Waals surface area contributed by atoms with Gasteiger partial charge < -0.3 is 15.1 Å². The molecule has 16 heavy (non-hydrogen) atoms. The molecule has 1 N–H and O–H groups in total. The van der Waals surface area contributed by atoms with Crippen LogP contribution in [0.15, 0.2) is 0 Å². The summed E-state index contributed by atoms with van der Waals surface area (Å²) in [5.74, 6) is 0. The second kappa shape index (κ2) is 7.25. The molecule has 0 atom stereocenters. The van der Waals surface area contributed by atoms with Crippen LogP contribution in [0.5, 0.6) is 0 Å². The highest BCUT2D eigenvalue weighted by Gasteiger charge is 2.11. The van der Waals surface area contributed by atoms with Crippen molar-refractivity contribution in [3.05, 3.63) is 6.42 Å². The zero-order valence-electron chi connectivity index (χ0n) is 10.5. The zero-order valence-corrected chi connectivity index (χ0v) is 10.5. The predicted octanol–water partition coefficient (Wildman–Crippen LogP) is 0.972. The molecule has 0 amide bonds. The summed E-state index contributed by atoms with van der Waals surface area (Å²) in [4.78, 5) is 5.16. The summed E-state index contributed by atoms with van der Waals surface area (Å²) in [6, 6.07) is 0. The molecular formula is C13H26N3. The Morgan fingerprint density at radius 1 is 0.938 bits per heavy atom. The highest BCUT2D eigenvalue weighted by atomic mass is 15.2. The predicted molar refractivity (Wildman–Crippen MR) is 68.5 cm³/mol. The van der Waals surface area contributed by atoms with Crippen LogP contribution in [0.1, 0.15) is 25.7 Å². The van der Waals surface area contributed by atoms with Crippen molar-refractivity contribution in [2.75, 3.05) is 52.4 Å². The number of hydrogen-bond acceptors (Lipinski definition) is 3. The van der Waals surface area contributed by atoms with Crippen molar-refractivity contribution in [1.29, 1.82) is 0 Å². The average Bonchev–Trinajstić information content (AvgIpc) is 2.83. The standard InChI is InChI=1S/C13H26N3/c1(2-8-15-10-4-5-11-15)3-9-16-12-6-14-7-13-16/h2,14H,1,3-13H2. The van der Waals surface area contributed by atoms with Gasteiger partial charge in [0.1, 0.15) is 0 Å². The average molecular weight is 224 g/mol. The lowest BCUT2D eigenvalue weighted by atomic mass is 10.2. The Morgan fingerprint density at radius 3 is 2.44 bits per heavy atom. The summed E-state index contributed by atoms with van der Waals surface area (Å²) in [5, 5.41) is 3.40. The van der Waals surface area contributed by atoms with Gasteiger partial charge in [-0.25, -0.2) is 0 Å². The first-order chi connectivity index (χ1) is 7.95. The van der Waals surface area contributed by atoms with Crippen LogP contribution < -0.4 is 5.32 Å². The summed E-state index contributed by atoms with van der Waals surface area (Å²) >= 11 is 0. The first-order valence-corrected chi connectivity index (χ1v) is 6.92. The SMILES string of the molecule is [CH](CCCN1CCNCC1)CN1CCCC1. The summed E-state index contributed by atoms with van der Waals surface area (Å²) in [5.41, 5.74) is 0. The fraction of sp³-hybridized carbons (Fsp3) is 0.923.